The molecule has 0 bridgehead atoms. The van der Waals surface area contributed by atoms with Crippen LogP contribution in [0.1, 0.15) is 99.8 Å². The number of hydrogen-bond donors (Lipinski definition) is 8. The van der Waals surface area contributed by atoms with Crippen LogP contribution in [0.3, 0.4) is 0 Å². The molecule has 19 nitrogen and oxygen atoms in total. The molecule has 2 aliphatic heterocycles. The summed E-state index contributed by atoms with van der Waals surface area (Å²) in [6.07, 6.45) is -15.9. The Morgan fingerprint density at radius 2 is 1.34 bits per heavy atom. The topological polar surface area (TPSA) is 310 Å². The van der Waals surface area contributed by atoms with Crippen molar-refractivity contribution in [1.29, 1.82) is 0 Å². The monoisotopic (exact) mass is 908 g/mol. The third kappa shape index (κ3) is 6.80. The van der Waals surface area contributed by atoms with Crippen molar-refractivity contribution in [3.8, 4) is 0 Å². The number of methoxy groups -OCH3 is 1. The third-order valence-electron chi connectivity index (χ3n) is 18.2. The van der Waals surface area contributed by atoms with Gasteiger partial charge in [0.25, 0.3) is 0 Å². The number of ketones is 1. The molecule has 2 saturated heterocycles. The lowest BCUT2D eigenvalue weighted by atomic mass is 9.32. The maximum Gasteiger partial charge on any atom is 0.335 e. The molecule has 64 heavy (non-hydrogen) atoms. The average Bonchev–Trinajstić information content (AvgIpc) is 3.20. The summed E-state index contributed by atoms with van der Waals surface area (Å²) in [5, 5.41) is 84.6. The Morgan fingerprint density at radius 3 is 1.92 bits per heavy atom. The highest BCUT2D eigenvalue weighted by Crippen LogP contribution is 2.76. The minimum atomic E-state index is -2.05. The van der Waals surface area contributed by atoms with E-state index in [9.17, 15) is 64.8 Å². The normalized spacial score (nSPS) is 49.7. The summed E-state index contributed by atoms with van der Waals surface area (Å²) < 4.78 is 28.4. The highest BCUT2D eigenvalue weighted by Gasteiger charge is 2.73. The van der Waals surface area contributed by atoms with Crippen molar-refractivity contribution >= 4 is 35.6 Å². The number of carbonyl (C=O) groups is 6. The van der Waals surface area contributed by atoms with Gasteiger partial charge in [-0.15, -0.1) is 0 Å². The molecule has 2 heterocycles. The number of hydrogen-bond acceptors (Lipinski definition) is 16. The number of aliphatic carboxylic acids is 3. The highest BCUT2D eigenvalue weighted by molar-refractivity contribution is 6.00. The van der Waals surface area contributed by atoms with Crippen molar-refractivity contribution in [1.82, 2.24) is 0 Å². The Balaban J connectivity index is 1.25. The molecule has 0 radical (unpaired) electrons. The molecule has 0 amide bonds. The molecule has 0 unspecified atom stereocenters. The van der Waals surface area contributed by atoms with Gasteiger partial charge in [-0.25, -0.2) is 9.59 Å². The van der Waals surface area contributed by atoms with E-state index < -0.39 is 147 Å². The number of esters is 2. The zero-order valence-electron chi connectivity index (χ0n) is 37.5. The lowest BCUT2D eigenvalue weighted by Crippen LogP contribution is -2.70. The van der Waals surface area contributed by atoms with E-state index in [1.54, 1.807) is 6.08 Å². The first-order valence-corrected chi connectivity index (χ1v) is 22.2. The van der Waals surface area contributed by atoms with Crippen molar-refractivity contribution < 1.29 is 93.3 Å². The van der Waals surface area contributed by atoms with Gasteiger partial charge in [-0.3, -0.25) is 19.2 Å². The van der Waals surface area contributed by atoms with Crippen molar-refractivity contribution in [2.45, 2.75) is 167 Å². The SMILES string of the molecule is COC(=O)[C@]1(C(=O)O)C[C@@H](OC(C)=O)[C@]2(C)CC[C@]3(C)C(=CC(=O)[C@@H]4[C@@]5(C)CC[C@H]([C@@H]6O[C@H](C(=O)O)[C@@H](O)[C@H](O)[C@H]6O[C@@H]6O[C@H](C(=O)O)[C@H](O)[C@H](O)[C@H]6O)C(C)(C)[C@@H]5CC[C@]43C)[C@@H]2C1. The van der Waals surface area contributed by atoms with E-state index in [2.05, 4.69) is 20.8 Å². The number of ether oxygens (including phenoxy) is 5. The zero-order chi connectivity index (χ0) is 47.6. The molecule has 4 saturated carbocycles. The van der Waals surface area contributed by atoms with Crippen LogP contribution in [0.2, 0.25) is 0 Å². The molecule has 5 aliphatic carbocycles. The van der Waals surface area contributed by atoms with Crippen molar-refractivity contribution in [3.63, 3.8) is 0 Å². The Hall–Kier alpha value is -3.56. The van der Waals surface area contributed by atoms with E-state index in [-0.39, 0.29) is 31.0 Å². The molecule has 0 aromatic rings. The van der Waals surface area contributed by atoms with Crippen LogP contribution >= 0.6 is 0 Å². The van der Waals surface area contributed by atoms with Gasteiger partial charge >= 0.3 is 29.8 Å². The summed E-state index contributed by atoms with van der Waals surface area (Å²) in [5.41, 5.74) is -5.04. The first-order valence-electron chi connectivity index (χ1n) is 22.2. The lowest BCUT2D eigenvalue weighted by molar-refractivity contribution is -0.342. The summed E-state index contributed by atoms with van der Waals surface area (Å²) in [6, 6.07) is 0. The maximum absolute atomic E-state index is 15.2. The summed E-state index contributed by atoms with van der Waals surface area (Å²) in [6.45, 7) is 13.4. The zero-order valence-corrected chi connectivity index (χ0v) is 37.5. The summed E-state index contributed by atoms with van der Waals surface area (Å²) in [7, 11) is 1.12. The summed E-state index contributed by atoms with van der Waals surface area (Å²) in [4.78, 5) is 78.6. The van der Waals surface area contributed by atoms with Gasteiger partial charge in [0, 0.05) is 24.7 Å². The lowest BCUT2D eigenvalue weighted by Gasteiger charge is -2.71. The third-order valence-corrected chi connectivity index (χ3v) is 18.2. The van der Waals surface area contributed by atoms with Gasteiger partial charge in [0.05, 0.1) is 13.2 Å². The Morgan fingerprint density at radius 1 is 0.734 bits per heavy atom. The van der Waals surface area contributed by atoms with Gasteiger partial charge in [0.1, 0.15) is 42.7 Å². The van der Waals surface area contributed by atoms with Gasteiger partial charge in [0.15, 0.2) is 29.7 Å². The Labute approximate surface area is 370 Å². The van der Waals surface area contributed by atoms with Crippen LogP contribution in [0, 0.1) is 56.2 Å². The van der Waals surface area contributed by atoms with Gasteiger partial charge in [-0.05, 0) is 90.4 Å². The van der Waals surface area contributed by atoms with E-state index in [1.807, 2.05) is 20.8 Å². The number of aliphatic hydroxyl groups is 5. The first kappa shape index (κ1) is 48.4. The predicted molar refractivity (Wildman–Crippen MR) is 215 cm³/mol. The van der Waals surface area contributed by atoms with E-state index >= 15 is 4.79 Å². The number of allylic oxidation sites excluding steroid dienone is 2. The predicted octanol–water partition coefficient (Wildman–Crippen LogP) is 1.21. The molecule has 6 fully saturated rings. The van der Waals surface area contributed by atoms with Crippen molar-refractivity contribution in [3.05, 3.63) is 11.6 Å². The van der Waals surface area contributed by atoms with Crippen LogP contribution in [-0.2, 0) is 52.5 Å². The van der Waals surface area contributed by atoms with E-state index in [4.69, 9.17) is 23.7 Å². The smallest absolute Gasteiger partial charge is 0.335 e. The molecule has 20 atom stereocenters. The Kier molecular flexibility index (Phi) is 12.1. The average molecular weight is 909 g/mol. The fourth-order valence-electron chi connectivity index (χ4n) is 14.6. The van der Waals surface area contributed by atoms with E-state index in [0.29, 0.717) is 32.1 Å². The molecule has 8 N–H and O–H groups in total. The standard InChI is InChI=1S/C45H64O19/c1-18(46)61-24-17-45(38(57)58,39(59)60-8)16-21-20-15-22(47)34-42(5)11-9-19(40(2,3)23(42)10-12-44(34,7)43(20,6)14-13-41(21,24)4)30-31(27(50)28(51)32(62-30)35(53)54)63-37-29(52)25(48)26(49)33(64-37)36(55)56/h15,19,21,23-34,37,48-52H,9-14,16-17H2,1-8H3,(H,53,54)(H,55,56)(H,57,58)/t19-,21+,23+,24-,25+,26-,27+,28+,29-,30+,31-,32+,33+,34-,37-,41-,42+,43-,44-,45+/m1/s1. The quantitative estimate of drug-likeness (QED) is 0.125. The van der Waals surface area contributed by atoms with Gasteiger partial charge in [0.2, 0.25) is 0 Å². The van der Waals surface area contributed by atoms with Crippen LogP contribution in [0.5, 0.6) is 0 Å². The summed E-state index contributed by atoms with van der Waals surface area (Å²) >= 11 is 0. The second-order valence-corrected chi connectivity index (χ2v) is 21.4. The summed E-state index contributed by atoms with van der Waals surface area (Å²) in [5.74, 6) is -8.51. The van der Waals surface area contributed by atoms with Crippen molar-refractivity contribution in [2.75, 3.05) is 7.11 Å². The Bertz CT molecular complexity index is 1980. The fourth-order valence-corrected chi connectivity index (χ4v) is 14.6. The van der Waals surface area contributed by atoms with Crippen LogP contribution in [0.25, 0.3) is 0 Å². The maximum atomic E-state index is 15.2. The van der Waals surface area contributed by atoms with E-state index in [1.165, 1.54) is 6.92 Å². The minimum absolute atomic E-state index is 0.157. The number of rotatable bonds is 8. The largest absolute Gasteiger partial charge is 0.480 e. The number of carboxylic acids is 3. The second-order valence-electron chi connectivity index (χ2n) is 21.4. The van der Waals surface area contributed by atoms with Gasteiger partial charge in [-0.2, -0.15) is 0 Å². The molecular weight excluding hydrogens is 844 g/mol. The number of carboxylic acid groups (broad SMARTS) is 3. The van der Waals surface area contributed by atoms with E-state index in [0.717, 1.165) is 12.7 Å². The first-order chi connectivity index (χ1) is 29.6. The fraction of sp³-hybridized carbons (Fsp3) is 0.822. The van der Waals surface area contributed by atoms with Crippen LogP contribution < -0.4 is 0 Å². The second kappa shape index (κ2) is 16.1. The van der Waals surface area contributed by atoms with Crippen LogP contribution in [0.4, 0.5) is 0 Å². The molecule has 7 rings (SSSR count). The number of carbonyl (C=O) groups excluding carboxylic acids is 3. The van der Waals surface area contributed by atoms with Gasteiger partial charge in [-0.1, -0.05) is 47.1 Å². The molecule has 0 spiro atoms. The molecule has 19 heteroatoms. The van der Waals surface area contributed by atoms with Gasteiger partial charge < -0.3 is 64.5 Å². The van der Waals surface area contributed by atoms with Crippen LogP contribution in [-0.4, -0.2) is 151 Å². The van der Waals surface area contributed by atoms with Crippen molar-refractivity contribution in [2.24, 2.45) is 56.2 Å². The molecule has 358 valence electrons. The number of fused-ring (bicyclic) bond motifs is 7. The molecule has 0 aromatic carbocycles. The molecule has 7 aliphatic rings. The van der Waals surface area contributed by atoms with Crippen LogP contribution in [0.15, 0.2) is 11.6 Å². The highest BCUT2D eigenvalue weighted by atomic mass is 16.7. The minimum Gasteiger partial charge on any atom is -0.480 e. The molecular formula is C45H64O19. The molecule has 0 aromatic heterocycles. The number of aliphatic hydroxyl groups excluding tert-OH is 5.